The Balaban J connectivity index is 2.09. The van der Waals surface area contributed by atoms with Crippen LogP contribution in [0.15, 0.2) is 30.5 Å². The lowest BCUT2D eigenvalue weighted by molar-refractivity contribution is -0.169. The molecular formula is C15H12ClF3N4O. The van der Waals surface area contributed by atoms with Gasteiger partial charge in [0.05, 0.1) is 11.4 Å². The van der Waals surface area contributed by atoms with E-state index in [1.54, 1.807) is 0 Å². The number of carbonyl (C=O) groups excluding carboxylic acids is 1. The largest absolute Gasteiger partial charge is 0.472 e. The molecule has 0 bridgehead atoms. The van der Waals surface area contributed by atoms with Crippen molar-refractivity contribution in [2.45, 2.75) is 19.1 Å². The first-order chi connectivity index (χ1) is 11.4. The van der Waals surface area contributed by atoms with E-state index in [-0.39, 0.29) is 16.7 Å². The van der Waals surface area contributed by atoms with Gasteiger partial charge in [-0.15, -0.1) is 0 Å². The van der Waals surface area contributed by atoms with E-state index < -0.39 is 12.1 Å². The predicted molar refractivity (Wildman–Crippen MR) is 82.1 cm³/mol. The maximum atomic E-state index is 13.0. The van der Waals surface area contributed by atoms with Crippen LogP contribution in [0.2, 0.25) is 5.02 Å². The molecular weight excluding hydrogens is 345 g/mol. The van der Waals surface area contributed by atoms with Gasteiger partial charge in [0, 0.05) is 36.3 Å². The molecule has 0 radical (unpaired) electrons. The summed E-state index contributed by atoms with van der Waals surface area (Å²) >= 11 is 5.84. The van der Waals surface area contributed by atoms with Crippen LogP contribution in [0.5, 0.6) is 0 Å². The number of carbonyl (C=O) groups is 1. The van der Waals surface area contributed by atoms with Gasteiger partial charge in [-0.2, -0.15) is 13.2 Å². The molecule has 1 N–H and O–H groups in total. The quantitative estimate of drug-likeness (QED) is 0.898. The lowest BCUT2D eigenvalue weighted by atomic mass is 10.1. The topological polar surface area (TPSA) is 58.1 Å². The minimum atomic E-state index is -5.07. The third-order valence-electron chi connectivity index (χ3n) is 3.51. The fourth-order valence-electron chi connectivity index (χ4n) is 2.40. The average Bonchev–Trinajstić information content (AvgIpc) is 2.54. The van der Waals surface area contributed by atoms with E-state index in [1.807, 2.05) is 0 Å². The summed E-state index contributed by atoms with van der Waals surface area (Å²) in [4.78, 5) is 20.5. The Bertz CT molecular complexity index is 782. The van der Waals surface area contributed by atoms with E-state index >= 15 is 0 Å². The highest BCUT2D eigenvalue weighted by molar-refractivity contribution is 6.31. The third kappa shape index (κ3) is 3.34. The predicted octanol–water partition coefficient (Wildman–Crippen LogP) is 3.00. The summed E-state index contributed by atoms with van der Waals surface area (Å²) in [5, 5.41) is 3.32. The Morgan fingerprint density at radius 2 is 2.12 bits per heavy atom. The molecule has 0 fully saturated rings. The third-order valence-corrected chi connectivity index (χ3v) is 3.74. The van der Waals surface area contributed by atoms with Crippen molar-refractivity contribution in [1.29, 1.82) is 0 Å². The minimum absolute atomic E-state index is 0.0429. The summed E-state index contributed by atoms with van der Waals surface area (Å²) in [6, 6.07) is 5.56. The number of alkyl halides is 3. The van der Waals surface area contributed by atoms with E-state index in [1.165, 1.54) is 30.5 Å². The monoisotopic (exact) mass is 356 g/mol. The van der Waals surface area contributed by atoms with Crippen LogP contribution in [0.1, 0.15) is 11.3 Å². The lowest BCUT2D eigenvalue weighted by Gasteiger charge is -2.24. The normalized spacial score (nSPS) is 14.2. The molecule has 9 heteroatoms. The number of nitrogens with zero attached hydrogens (tertiary/aromatic N) is 3. The zero-order valence-corrected chi connectivity index (χ0v) is 13.0. The molecule has 3 rings (SSSR count). The van der Waals surface area contributed by atoms with Crippen LogP contribution >= 0.6 is 11.6 Å². The van der Waals surface area contributed by atoms with Crippen molar-refractivity contribution < 1.29 is 18.0 Å². The first-order valence-electron chi connectivity index (χ1n) is 7.08. The Kier molecular flexibility index (Phi) is 4.42. The van der Waals surface area contributed by atoms with Gasteiger partial charge in [0.25, 0.3) is 0 Å². The lowest BCUT2D eigenvalue weighted by Crippen LogP contribution is -2.39. The molecule has 1 aliphatic rings. The van der Waals surface area contributed by atoms with Crippen molar-refractivity contribution in [3.63, 3.8) is 0 Å². The molecule has 0 spiro atoms. The van der Waals surface area contributed by atoms with E-state index in [0.717, 1.165) is 5.56 Å². The molecule has 1 amide bonds. The first kappa shape index (κ1) is 16.7. The van der Waals surface area contributed by atoms with Crippen molar-refractivity contribution in [2.75, 3.05) is 11.4 Å². The van der Waals surface area contributed by atoms with Crippen LogP contribution < -0.4 is 10.2 Å². The van der Waals surface area contributed by atoms with E-state index in [4.69, 9.17) is 11.6 Å². The second kappa shape index (κ2) is 6.37. The van der Waals surface area contributed by atoms with Crippen molar-refractivity contribution in [2.24, 2.45) is 0 Å². The second-order valence-electron chi connectivity index (χ2n) is 5.19. The highest BCUT2D eigenvalue weighted by atomic mass is 35.5. The summed E-state index contributed by atoms with van der Waals surface area (Å²) in [7, 11) is 0. The van der Waals surface area contributed by atoms with Crippen molar-refractivity contribution in [3.8, 4) is 0 Å². The number of hydrogen-bond acceptors (Lipinski definition) is 4. The molecule has 126 valence electrons. The second-order valence-corrected chi connectivity index (χ2v) is 5.62. The van der Waals surface area contributed by atoms with Crippen molar-refractivity contribution >= 4 is 29.1 Å². The molecule has 5 nitrogen and oxygen atoms in total. The van der Waals surface area contributed by atoms with Crippen LogP contribution in [-0.2, 0) is 17.8 Å². The maximum Gasteiger partial charge on any atom is 0.472 e. The SMILES string of the molecule is O=C(N(c1cccc(Cl)c1)c1ncc2c(n1)CCNC2)C(F)(F)F. The molecule has 0 unspecified atom stereocenters. The Labute approximate surface area is 140 Å². The van der Waals surface area contributed by atoms with E-state index in [2.05, 4.69) is 15.3 Å². The number of nitrogens with one attached hydrogen (secondary N) is 1. The van der Waals surface area contributed by atoms with Gasteiger partial charge in [0.15, 0.2) is 0 Å². The van der Waals surface area contributed by atoms with Gasteiger partial charge in [-0.25, -0.2) is 14.9 Å². The molecule has 1 aromatic heterocycles. The van der Waals surface area contributed by atoms with Crippen LogP contribution in [0.4, 0.5) is 24.8 Å². The van der Waals surface area contributed by atoms with E-state index in [0.29, 0.717) is 30.1 Å². The van der Waals surface area contributed by atoms with Crippen molar-refractivity contribution in [1.82, 2.24) is 15.3 Å². The summed E-state index contributed by atoms with van der Waals surface area (Å²) < 4.78 is 39.1. The molecule has 0 atom stereocenters. The fourth-order valence-corrected chi connectivity index (χ4v) is 2.58. The zero-order valence-electron chi connectivity index (χ0n) is 12.3. The van der Waals surface area contributed by atoms with Gasteiger partial charge in [-0.3, -0.25) is 4.79 Å². The van der Waals surface area contributed by atoms with Gasteiger partial charge in [0.1, 0.15) is 0 Å². The first-order valence-corrected chi connectivity index (χ1v) is 7.46. The number of benzene rings is 1. The summed E-state index contributed by atoms with van der Waals surface area (Å²) in [5.74, 6) is -2.39. The molecule has 24 heavy (non-hydrogen) atoms. The number of halogens is 4. The van der Waals surface area contributed by atoms with Gasteiger partial charge >= 0.3 is 12.1 Å². The molecule has 2 aromatic rings. The Morgan fingerprint density at radius 3 is 2.83 bits per heavy atom. The summed E-state index contributed by atoms with van der Waals surface area (Å²) in [5.41, 5.74) is 1.38. The highest BCUT2D eigenvalue weighted by Gasteiger charge is 2.44. The van der Waals surface area contributed by atoms with Crippen LogP contribution in [-0.4, -0.2) is 28.6 Å². The zero-order chi connectivity index (χ0) is 17.3. The minimum Gasteiger partial charge on any atom is -0.312 e. The molecule has 0 saturated heterocycles. The number of hydrogen-bond donors (Lipinski definition) is 1. The average molecular weight is 357 g/mol. The smallest absolute Gasteiger partial charge is 0.312 e. The van der Waals surface area contributed by atoms with Gasteiger partial charge in [0.2, 0.25) is 5.95 Å². The summed E-state index contributed by atoms with van der Waals surface area (Å²) in [6.45, 7) is 1.20. The number of aromatic nitrogens is 2. The number of fused-ring (bicyclic) bond motifs is 1. The van der Waals surface area contributed by atoms with Gasteiger partial charge in [-0.05, 0) is 18.2 Å². The molecule has 1 aliphatic heterocycles. The number of rotatable bonds is 2. The standard InChI is InChI=1S/C15H12ClF3N4O/c16-10-2-1-3-11(6-10)23(13(24)15(17,18)19)14-21-8-9-7-20-5-4-12(9)22-14/h1-3,6,8,20H,4-5,7H2. The van der Waals surface area contributed by atoms with Crippen LogP contribution in [0.25, 0.3) is 0 Å². The van der Waals surface area contributed by atoms with Gasteiger partial charge in [-0.1, -0.05) is 17.7 Å². The summed E-state index contributed by atoms with van der Waals surface area (Å²) in [6.07, 6.45) is -3.08. The Morgan fingerprint density at radius 1 is 1.33 bits per heavy atom. The van der Waals surface area contributed by atoms with Gasteiger partial charge < -0.3 is 5.32 Å². The van der Waals surface area contributed by atoms with Crippen LogP contribution in [0.3, 0.4) is 0 Å². The molecule has 0 aliphatic carbocycles. The van der Waals surface area contributed by atoms with Crippen LogP contribution in [0, 0.1) is 0 Å². The highest BCUT2D eigenvalue weighted by Crippen LogP contribution is 2.31. The van der Waals surface area contributed by atoms with E-state index in [9.17, 15) is 18.0 Å². The molecule has 0 saturated carbocycles. The molecule has 1 aromatic carbocycles. The molecule has 2 heterocycles. The Hall–Kier alpha value is -2.19. The number of anilines is 2. The number of amides is 1. The van der Waals surface area contributed by atoms with Crippen molar-refractivity contribution in [3.05, 3.63) is 46.7 Å². The maximum absolute atomic E-state index is 13.0. The fraction of sp³-hybridized carbons (Fsp3) is 0.267.